The van der Waals surface area contributed by atoms with E-state index in [0.717, 1.165) is 25.9 Å². The molecule has 0 radical (unpaired) electrons. The molecule has 2 aromatic rings. The van der Waals surface area contributed by atoms with Crippen molar-refractivity contribution in [2.45, 2.75) is 41.8 Å². The second kappa shape index (κ2) is 16.9. The summed E-state index contributed by atoms with van der Waals surface area (Å²) in [5.41, 5.74) is 1.35. The van der Waals surface area contributed by atoms with Gasteiger partial charge in [-0.2, -0.15) is 0 Å². The van der Waals surface area contributed by atoms with Gasteiger partial charge >= 0.3 is 11.9 Å². The van der Waals surface area contributed by atoms with E-state index in [4.69, 9.17) is 33.5 Å². The first-order valence-electron chi connectivity index (χ1n) is 14.9. The van der Waals surface area contributed by atoms with Gasteiger partial charge < -0.3 is 38.4 Å². The third-order valence-electron chi connectivity index (χ3n) is 7.92. The summed E-state index contributed by atoms with van der Waals surface area (Å²) in [6.07, 6.45) is 1.93. The summed E-state index contributed by atoms with van der Waals surface area (Å²) in [7, 11) is 4.56. The predicted molar refractivity (Wildman–Crippen MR) is 172 cm³/mol. The van der Waals surface area contributed by atoms with Crippen molar-refractivity contribution < 1.29 is 47.9 Å². The van der Waals surface area contributed by atoms with E-state index in [9.17, 15) is 14.4 Å². The van der Waals surface area contributed by atoms with Gasteiger partial charge in [0, 0.05) is 32.6 Å². The quantitative estimate of drug-likeness (QED) is 0.171. The summed E-state index contributed by atoms with van der Waals surface area (Å²) in [6, 6.07) is 9.69. The van der Waals surface area contributed by atoms with E-state index in [0.29, 0.717) is 73.3 Å². The van der Waals surface area contributed by atoms with Crippen LogP contribution in [0, 0.1) is 0 Å². The fraction of sp³-hybridized carbons (Fsp3) is 0.531. The number of benzene rings is 2. The number of likely N-dealkylation sites (tertiary alicyclic amines) is 1. The molecule has 3 atom stereocenters. The first-order chi connectivity index (χ1) is 21.7. The van der Waals surface area contributed by atoms with Crippen LogP contribution in [0.2, 0.25) is 0 Å². The van der Waals surface area contributed by atoms with Gasteiger partial charge in [-0.15, -0.1) is 0 Å². The van der Waals surface area contributed by atoms with Crippen LogP contribution < -0.4 is 18.9 Å². The van der Waals surface area contributed by atoms with E-state index < -0.39 is 34.6 Å². The highest BCUT2D eigenvalue weighted by Gasteiger charge is 2.38. The number of carbonyl (C=O) groups excluding carboxylic acids is 2. The number of ether oxygens (including phenoxy) is 6. The molecule has 0 unspecified atom stereocenters. The van der Waals surface area contributed by atoms with Crippen molar-refractivity contribution in [2.24, 2.45) is 0 Å². The van der Waals surface area contributed by atoms with Gasteiger partial charge in [0.25, 0.3) is 0 Å². The Labute approximate surface area is 277 Å². The number of halogens is 1. The Morgan fingerprint density at radius 3 is 2.33 bits per heavy atom. The van der Waals surface area contributed by atoms with E-state index >= 15 is 0 Å². The predicted octanol–water partition coefficient (Wildman–Crippen LogP) is 4.04. The zero-order valence-electron chi connectivity index (χ0n) is 25.9. The van der Waals surface area contributed by atoms with Gasteiger partial charge in [-0.05, 0) is 54.7 Å². The topological polar surface area (TPSA) is 133 Å². The number of hydrogen-bond donors (Lipinski definition) is 1. The van der Waals surface area contributed by atoms with Crippen LogP contribution in [0.5, 0.6) is 23.0 Å². The maximum Gasteiger partial charge on any atom is 0.341 e. The minimum atomic E-state index is -1.09. The molecule has 0 aliphatic carbocycles. The first kappa shape index (κ1) is 34.6. The van der Waals surface area contributed by atoms with Crippen molar-refractivity contribution in [2.75, 3.05) is 67.3 Å². The second-order valence-electron chi connectivity index (χ2n) is 10.8. The van der Waals surface area contributed by atoms with E-state index in [1.165, 1.54) is 21.3 Å². The van der Waals surface area contributed by atoms with E-state index in [-0.39, 0.29) is 5.91 Å². The third kappa shape index (κ3) is 9.13. The Kier molecular flexibility index (Phi) is 12.9. The maximum atomic E-state index is 13.9. The lowest BCUT2D eigenvalue weighted by Gasteiger charge is -2.36. The van der Waals surface area contributed by atoms with Crippen molar-refractivity contribution in [3.63, 3.8) is 0 Å². The molecule has 45 heavy (non-hydrogen) atoms. The normalized spacial score (nSPS) is 18.4. The lowest BCUT2D eigenvalue weighted by molar-refractivity contribution is -0.162. The monoisotopic (exact) mass is 740 g/mol. The van der Waals surface area contributed by atoms with Gasteiger partial charge in [0.2, 0.25) is 11.7 Å². The number of rotatable bonds is 14. The number of hydrogen-bond acceptors (Lipinski definition) is 10. The van der Waals surface area contributed by atoms with Crippen LogP contribution in [0.4, 0.5) is 0 Å². The number of methoxy groups -OCH3 is 3. The zero-order chi connectivity index (χ0) is 32.3. The summed E-state index contributed by atoms with van der Waals surface area (Å²) in [5.74, 6) is -0.0875. The minimum absolute atomic E-state index is 0.208. The largest absolute Gasteiger partial charge is 0.493 e. The Bertz CT molecular complexity index is 1290. The number of aliphatic carboxylic acids is 1. The third-order valence-corrected chi connectivity index (χ3v) is 9.17. The average Bonchev–Trinajstić information content (AvgIpc) is 3.08. The molecule has 246 valence electrons. The number of piperidine rings is 1. The van der Waals surface area contributed by atoms with Crippen molar-refractivity contribution in [1.29, 1.82) is 0 Å². The van der Waals surface area contributed by atoms with E-state index in [2.05, 4.69) is 27.5 Å². The molecule has 2 aromatic carbocycles. The summed E-state index contributed by atoms with van der Waals surface area (Å²) in [6.45, 7) is 3.48. The molecule has 0 spiro atoms. The molecular weight excluding hydrogens is 699 g/mol. The van der Waals surface area contributed by atoms with E-state index in [1.807, 2.05) is 6.07 Å². The Morgan fingerprint density at radius 1 is 0.978 bits per heavy atom. The average molecular weight is 741 g/mol. The molecule has 13 heteroatoms. The number of carbonyl (C=O) groups is 3. The molecular formula is C32H41IN2O10. The Morgan fingerprint density at radius 2 is 1.69 bits per heavy atom. The van der Waals surface area contributed by atoms with Gasteiger partial charge in [-0.3, -0.25) is 9.69 Å². The molecule has 12 nitrogen and oxygen atoms in total. The highest BCUT2D eigenvalue weighted by Crippen LogP contribution is 2.42. The molecule has 0 aromatic heterocycles. The number of nitrogens with zero attached hydrogens (tertiary/aromatic N) is 2. The van der Waals surface area contributed by atoms with Crippen LogP contribution in [-0.4, -0.2) is 106 Å². The Balaban J connectivity index is 1.54. The highest BCUT2D eigenvalue weighted by atomic mass is 127. The van der Waals surface area contributed by atoms with E-state index in [1.54, 1.807) is 35.2 Å². The molecule has 4 rings (SSSR count). The molecule has 1 N–H and O–H groups in total. The fourth-order valence-electron chi connectivity index (χ4n) is 5.56. The lowest BCUT2D eigenvalue weighted by Crippen LogP contribution is -2.50. The number of morpholine rings is 1. The van der Waals surface area contributed by atoms with Crippen molar-refractivity contribution >= 4 is 40.4 Å². The summed E-state index contributed by atoms with van der Waals surface area (Å²) in [4.78, 5) is 42.7. The SMILES string of the molecule is COc1cc([C@H](I)C(=O)N2CCCC[C@H]2C(=O)O[C@H](CCN2CCOCC2)c2cccc(OCC(=O)O)c2)cc(OC)c1OC. The highest BCUT2D eigenvalue weighted by molar-refractivity contribution is 14.1. The second-order valence-corrected chi connectivity index (χ2v) is 12.0. The summed E-state index contributed by atoms with van der Waals surface area (Å²) in [5, 5.41) is 9.04. The van der Waals surface area contributed by atoms with Crippen molar-refractivity contribution in [1.82, 2.24) is 9.80 Å². The number of amides is 1. The zero-order valence-corrected chi connectivity index (χ0v) is 28.0. The van der Waals surface area contributed by atoms with Gasteiger partial charge in [-0.1, -0.05) is 34.7 Å². The van der Waals surface area contributed by atoms with Gasteiger partial charge in [0.15, 0.2) is 18.1 Å². The lowest BCUT2D eigenvalue weighted by atomic mass is 10.00. The molecule has 2 fully saturated rings. The van der Waals surface area contributed by atoms with Crippen molar-refractivity contribution in [3.8, 4) is 23.0 Å². The number of esters is 1. The molecule has 2 aliphatic rings. The standard InChI is InChI=1S/C32H41IN2O10/c1-40-26-18-22(19-27(41-2)30(26)42-3)29(33)31(38)35-11-5-4-9-24(35)32(39)45-25(10-12-34-13-15-43-16-14-34)21-7-6-8-23(17-21)44-20-28(36)37/h6-8,17-19,24-25,29H,4-5,9-16,20H2,1-3H3,(H,36,37)/t24-,25+,29-/m0/s1. The fourth-order valence-corrected chi connectivity index (χ4v) is 6.28. The smallest absolute Gasteiger partial charge is 0.341 e. The molecule has 2 aliphatic heterocycles. The maximum absolute atomic E-state index is 13.9. The summed E-state index contributed by atoms with van der Waals surface area (Å²) >= 11 is 2.08. The first-order valence-corrected chi connectivity index (χ1v) is 16.2. The van der Waals surface area contributed by atoms with Gasteiger partial charge in [-0.25, -0.2) is 9.59 Å². The van der Waals surface area contributed by atoms with Crippen molar-refractivity contribution in [3.05, 3.63) is 47.5 Å². The van der Waals surface area contributed by atoms with Crippen LogP contribution in [-0.2, 0) is 23.9 Å². The Hall–Kier alpha value is -3.30. The van der Waals surface area contributed by atoms with Crippen LogP contribution >= 0.6 is 22.6 Å². The van der Waals surface area contributed by atoms with Gasteiger partial charge in [0.1, 0.15) is 21.8 Å². The molecule has 0 bridgehead atoms. The van der Waals surface area contributed by atoms with Crippen LogP contribution in [0.3, 0.4) is 0 Å². The molecule has 0 saturated carbocycles. The molecule has 2 saturated heterocycles. The van der Waals surface area contributed by atoms with Crippen LogP contribution in [0.1, 0.15) is 46.8 Å². The number of carboxylic acid groups (broad SMARTS) is 1. The van der Waals surface area contributed by atoms with Gasteiger partial charge in [0.05, 0.1) is 34.5 Å². The molecule has 2 heterocycles. The minimum Gasteiger partial charge on any atom is -0.493 e. The number of alkyl halides is 1. The van der Waals surface area contributed by atoms with Crippen LogP contribution in [0.25, 0.3) is 0 Å². The summed E-state index contributed by atoms with van der Waals surface area (Å²) < 4.78 is 32.8. The molecule has 1 amide bonds. The van der Waals surface area contributed by atoms with Crippen LogP contribution in [0.15, 0.2) is 36.4 Å². The number of carboxylic acids is 1.